The maximum atomic E-state index is 13.0. The summed E-state index contributed by atoms with van der Waals surface area (Å²) in [5.74, 6) is -1.05. The zero-order valence-corrected chi connectivity index (χ0v) is 17.3. The summed E-state index contributed by atoms with van der Waals surface area (Å²) in [6, 6.07) is -1.06. The van der Waals surface area contributed by atoms with Gasteiger partial charge in [0.2, 0.25) is 5.91 Å². The second-order valence-electron chi connectivity index (χ2n) is 6.14. The molecule has 2 N–H and O–H groups in total. The molecule has 0 spiro atoms. The van der Waals surface area contributed by atoms with Crippen molar-refractivity contribution in [1.29, 1.82) is 0 Å². The number of anilines is 1. The van der Waals surface area contributed by atoms with Gasteiger partial charge in [-0.3, -0.25) is 19.0 Å². The highest BCUT2D eigenvalue weighted by Crippen LogP contribution is 2.36. The van der Waals surface area contributed by atoms with Crippen LogP contribution in [0.25, 0.3) is 0 Å². The number of nitrogens with zero attached hydrogens (tertiary/aromatic N) is 4. The number of rotatable bonds is 6. The number of aromatic nitrogens is 4. The van der Waals surface area contributed by atoms with Gasteiger partial charge in [-0.15, -0.1) is 0 Å². The molecule has 0 saturated carbocycles. The van der Waals surface area contributed by atoms with Gasteiger partial charge in [-0.1, -0.05) is 6.92 Å². The van der Waals surface area contributed by atoms with Crippen LogP contribution in [0.5, 0.6) is 0 Å². The molecule has 2 amide bonds. The summed E-state index contributed by atoms with van der Waals surface area (Å²) in [5, 5.41) is 12.7. The van der Waals surface area contributed by atoms with Crippen molar-refractivity contribution in [2.75, 3.05) is 11.9 Å². The van der Waals surface area contributed by atoms with Gasteiger partial charge >= 0.3 is 6.18 Å². The number of aryl methyl sites for hydroxylation is 1. The van der Waals surface area contributed by atoms with E-state index in [9.17, 15) is 22.8 Å². The highest BCUT2D eigenvalue weighted by atomic mass is 79.9. The third-order valence-electron chi connectivity index (χ3n) is 4.04. The predicted molar refractivity (Wildman–Crippen MR) is 98.8 cm³/mol. The van der Waals surface area contributed by atoms with Crippen molar-refractivity contribution in [3.05, 3.63) is 27.8 Å². The normalized spacial score (nSPS) is 12.7. The molecule has 12 heteroatoms. The van der Waals surface area contributed by atoms with Crippen molar-refractivity contribution in [2.45, 2.75) is 39.4 Å². The molecule has 28 heavy (non-hydrogen) atoms. The van der Waals surface area contributed by atoms with E-state index in [0.29, 0.717) is 6.54 Å². The average molecular weight is 465 g/mol. The zero-order chi connectivity index (χ0) is 21.2. The van der Waals surface area contributed by atoms with Crippen molar-refractivity contribution in [1.82, 2.24) is 24.9 Å². The van der Waals surface area contributed by atoms with E-state index in [-0.39, 0.29) is 21.5 Å². The molecule has 0 fully saturated rings. The molecular weight excluding hydrogens is 445 g/mol. The Morgan fingerprint density at radius 1 is 1.36 bits per heavy atom. The molecule has 0 aliphatic rings. The van der Waals surface area contributed by atoms with Crippen LogP contribution >= 0.6 is 15.9 Å². The van der Waals surface area contributed by atoms with E-state index in [1.807, 2.05) is 6.92 Å². The lowest BCUT2D eigenvalue weighted by Crippen LogP contribution is -2.29. The Kier molecular flexibility index (Phi) is 6.52. The lowest BCUT2D eigenvalue weighted by molar-refractivity contribution is -0.142. The molecule has 154 valence electrons. The maximum absolute atomic E-state index is 13.0. The first kappa shape index (κ1) is 21.9. The third kappa shape index (κ3) is 4.37. The topological polar surface area (TPSA) is 93.8 Å². The highest BCUT2D eigenvalue weighted by molar-refractivity contribution is 9.10. The van der Waals surface area contributed by atoms with Gasteiger partial charge in [0, 0.05) is 13.6 Å². The van der Waals surface area contributed by atoms with E-state index < -0.39 is 29.7 Å². The van der Waals surface area contributed by atoms with Crippen LogP contribution in [0.2, 0.25) is 0 Å². The van der Waals surface area contributed by atoms with Gasteiger partial charge in [0.25, 0.3) is 5.91 Å². The van der Waals surface area contributed by atoms with Crippen molar-refractivity contribution in [2.24, 2.45) is 7.05 Å². The summed E-state index contributed by atoms with van der Waals surface area (Å²) < 4.78 is 41.2. The van der Waals surface area contributed by atoms with Crippen LogP contribution in [0.1, 0.15) is 48.2 Å². The van der Waals surface area contributed by atoms with E-state index in [4.69, 9.17) is 0 Å². The molecule has 0 unspecified atom stereocenters. The smallest absolute Gasteiger partial charge is 0.351 e. The minimum Gasteiger partial charge on any atom is -0.351 e. The SMILES string of the molecule is CCCNC(=O)c1c(NC(=O)[C@@H](C)n2nc(C(F)(F)F)c(Br)c2C)cnn1C. The highest BCUT2D eigenvalue weighted by Gasteiger charge is 2.39. The summed E-state index contributed by atoms with van der Waals surface area (Å²) in [6.45, 7) is 5.18. The minimum absolute atomic E-state index is 0.142. The summed E-state index contributed by atoms with van der Waals surface area (Å²) in [5.41, 5.74) is -0.649. The number of alkyl halides is 3. The van der Waals surface area contributed by atoms with Gasteiger partial charge in [0.05, 0.1) is 22.1 Å². The molecule has 2 heterocycles. The number of hydrogen-bond donors (Lipinski definition) is 2. The summed E-state index contributed by atoms with van der Waals surface area (Å²) in [6.07, 6.45) is -2.62. The summed E-state index contributed by atoms with van der Waals surface area (Å²) >= 11 is 2.88. The average Bonchev–Trinajstić information content (AvgIpc) is 3.12. The van der Waals surface area contributed by atoms with Crippen LogP contribution in [0.4, 0.5) is 18.9 Å². The predicted octanol–water partition coefficient (Wildman–Crippen LogP) is 3.05. The van der Waals surface area contributed by atoms with Crippen LogP contribution in [0.3, 0.4) is 0 Å². The van der Waals surface area contributed by atoms with Crippen molar-refractivity contribution in [3.8, 4) is 0 Å². The zero-order valence-electron chi connectivity index (χ0n) is 15.7. The fraction of sp³-hybridized carbons (Fsp3) is 0.500. The molecule has 1 atom stereocenters. The second kappa shape index (κ2) is 8.33. The number of carbonyl (C=O) groups excluding carboxylic acids is 2. The standard InChI is InChI=1S/C16H20BrF3N6O2/c1-5-6-21-15(28)12-10(7-22-25(12)4)23-14(27)9(3)26-8(2)11(17)13(24-26)16(18,19)20/h7,9H,5-6H2,1-4H3,(H,21,28)(H,23,27)/t9-/m1/s1. The molecule has 0 aromatic carbocycles. The van der Waals surface area contributed by atoms with Crippen LogP contribution in [-0.4, -0.2) is 37.9 Å². The Morgan fingerprint density at radius 2 is 2.00 bits per heavy atom. The van der Waals surface area contributed by atoms with Gasteiger partial charge in [-0.2, -0.15) is 23.4 Å². The molecule has 2 rings (SSSR count). The van der Waals surface area contributed by atoms with Crippen LogP contribution < -0.4 is 10.6 Å². The summed E-state index contributed by atoms with van der Waals surface area (Å²) in [7, 11) is 1.55. The first-order valence-corrected chi connectivity index (χ1v) is 9.21. The molecule has 2 aromatic heterocycles. The van der Waals surface area contributed by atoms with Crippen molar-refractivity contribution in [3.63, 3.8) is 0 Å². The molecular formula is C16H20BrF3N6O2. The van der Waals surface area contributed by atoms with Gasteiger partial charge in [0.1, 0.15) is 11.7 Å². The van der Waals surface area contributed by atoms with Crippen LogP contribution in [0.15, 0.2) is 10.7 Å². The molecule has 0 saturated heterocycles. The number of hydrogen-bond acceptors (Lipinski definition) is 4. The quantitative estimate of drug-likeness (QED) is 0.686. The van der Waals surface area contributed by atoms with E-state index in [2.05, 4.69) is 36.8 Å². The van der Waals surface area contributed by atoms with Gasteiger partial charge < -0.3 is 10.6 Å². The molecule has 0 aliphatic heterocycles. The number of nitrogens with one attached hydrogen (secondary N) is 2. The Morgan fingerprint density at radius 3 is 2.54 bits per heavy atom. The summed E-state index contributed by atoms with van der Waals surface area (Å²) in [4.78, 5) is 24.9. The molecule has 0 bridgehead atoms. The Bertz CT molecular complexity index is 890. The fourth-order valence-corrected chi connectivity index (χ4v) is 3.01. The first-order chi connectivity index (χ1) is 13.0. The Hall–Kier alpha value is -2.37. The van der Waals surface area contributed by atoms with E-state index in [1.165, 1.54) is 24.7 Å². The van der Waals surface area contributed by atoms with Gasteiger partial charge in [-0.25, -0.2) is 0 Å². The lowest BCUT2D eigenvalue weighted by Gasteiger charge is -2.15. The van der Waals surface area contributed by atoms with Gasteiger partial charge in [-0.05, 0) is 36.2 Å². The van der Waals surface area contributed by atoms with E-state index >= 15 is 0 Å². The van der Waals surface area contributed by atoms with Crippen LogP contribution in [-0.2, 0) is 18.0 Å². The van der Waals surface area contributed by atoms with Gasteiger partial charge in [0.15, 0.2) is 5.69 Å². The second-order valence-corrected chi connectivity index (χ2v) is 6.93. The Labute approximate surface area is 167 Å². The first-order valence-electron chi connectivity index (χ1n) is 8.41. The fourth-order valence-electron chi connectivity index (χ4n) is 2.53. The van der Waals surface area contributed by atoms with E-state index in [0.717, 1.165) is 11.1 Å². The minimum atomic E-state index is -4.65. The van der Waals surface area contributed by atoms with Crippen molar-refractivity contribution >= 4 is 33.4 Å². The number of amides is 2. The third-order valence-corrected chi connectivity index (χ3v) is 4.99. The van der Waals surface area contributed by atoms with E-state index in [1.54, 1.807) is 7.05 Å². The Balaban J connectivity index is 2.26. The largest absolute Gasteiger partial charge is 0.436 e. The molecule has 8 nitrogen and oxygen atoms in total. The number of halogens is 4. The lowest BCUT2D eigenvalue weighted by atomic mass is 10.2. The molecule has 2 aromatic rings. The monoisotopic (exact) mass is 464 g/mol. The van der Waals surface area contributed by atoms with Crippen molar-refractivity contribution < 1.29 is 22.8 Å². The molecule has 0 radical (unpaired) electrons. The maximum Gasteiger partial charge on any atom is 0.436 e. The molecule has 0 aliphatic carbocycles. The van der Waals surface area contributed by atoms with Crippen LogP contribution in [0, 0.1) is 6.92 Å². The number of carbonyl (C=O) groups is 2.